The number of allylic oxidation sites excluding steroid dienone is 1. The lowest BCUT2D eigenvalue weighted by Crippen LogP contribution is -2.34. The second-order valence-electron chi connectivity index (χ2n) is 6.99. The monoisotopic (exact) mass is 342 g/mol. The molecule has 0 rings (SSSR count). The van der Waals surface area contributed by atoms with Gasteiger partial charge in [-0.05, 0) is 37.0 Å². The predicted molar refractivity (Wildman–Crippen MR) is 104 cm³/mol. The summed E-state index contributed by atoms with van der Waals surface area (Å²) in [5.41, 5.74) is 0.174. The molecule has 0 aliphatic rings. The molecule has 0 saturated carbocycles. The Morgan fingerprint density at radius 2 is 1.25 bits per heavy atom. The van der Waals surface area contributed by atoms with E-state index in [1.807, 2.05) is 0 Å². The zero-order chi connectivity index (χ0) is 18.1. The summed E-state index contributed by atoms with van der Waals surface area (Å²) in [4.78, 5) is 0. The molecule has 0 fully saturated rings. The van der Waals surface area contributed by atoms with Gasteiger partial charge >= 0.3 is 0 Å². The number of hydrogen-bond acceptors (Lipinski definition) is 3. The Hall–Kier alpha value is -0.380. The third-order valence-electron chi connectivity index (χ3n) is 5.35. The standard InChI is InChI=1S/C21H42O3/c1-6-8-9-10-11-12-13-20(7-2)21(14-17-22-3,15-18-23-4)16-19-24-5/h7,20H,2,6,8-19H2,1,3-5H3. The first-order chi connectivity index (χ1) is 11.7. The van der Waals surface area contributed by atoms with E-state index in [0.29, 0.717) is 5.92 Å². The number of methoxy groups -OCH3 is 3. The number of rotatable bonds is 18. The summed E-state index contributed by atoms with van der Waals surface area (Å²) in [5, 5.41) is 0. The second-order valence-corrected chi connectivity index (χ2v) is 6.99. The van der Waals surface area contributed by atoms with Crippen molar-refractivity contribution < 1.29 is 14.2 Å². The van der Waals surface area contributed by atoms with Crippen molar-refractivity contribution in [1.29, 1.82) is 0 Å². The molecule has 0 saturated heterocycles. The molecular weight excluding hydrogens is 300 g/mol. The van der Waals surface area contributed by atoms with Crippen LogP contribution >= 0.6 is 0 Å². The largest absolute Gasteiger partial charge is 0.385 e. The third kappa shape index (κ3) is 9.80. The Kier molecular flexibility index (Phi) is 15.9. The van der Waals surface area contributed by atoms with Crippen LogP contribution in [0.5, 0.6) is 0 Å². The van der Waals surface area contributed by atoms with Crippen molar-refractivity contribution in [3.63, 3.8) is 0 Å². The summed E-state index contributed by atoms with van der Waals surface area (Å²) in [6, 6.07) is 0. The van der Waals surface area contributed by atoms with Gasteiger partial charge in [-0.15, -0.1) is 6.58 Å². The topological polar surface area (TPSA) is 27.7 Å². The molecule has 0 aromatic carbocycles. The smallest absolute Gasteiger partial charge is 0.0467 e. The zero-order valence-corrected chi connectivity index (χ0v) is 16.8. The van der Waals surface area contributed by atoms with Gasteiger partial charge in [-0.2, -0.15) is 0 Å². The summed E-state index contributed by atoms with van der Waals surface area (Å²) in [7, 11) is 5.36. The van der Waals surface area contributed by atoms with E-state index in [-0.39, 0.29) is 5.41 Å². The second kappa shape index (κ2) is 16.1. The molecule has 3 heteroatoms. The third-order valence-corrected chi connectivity index (χ3v) is 5.35. The molecule has 144 valence electrons. The minimum atomic E-state index is 0.174. The quantitative estimate of drug-likeness (QED) is 0.238. The molecule has 0 spiro atoms. The highest BCUT2D eigenvalue weighted by molar-refractivity contribution is 4.95. The van der Waals surface area contributed by atoms with Crippen LogP contribution < -0.4 is 0 Å². The fourth-order valence-corrected chi connectivity index (χ4v) is 3.67. The zero-order valence-electron chi connectivity index (χ0n) is 16.8. The van der Waals surface area contributed by atoms with Crippen LogP contribution in [0.3, 0.4) is 0 Å². The van der Waals surface area contributed by atoms with Gasteiger partial charge in [0.15, 0.2) is 0 Å². The number of ether oxygens (including phenoxy) is 3. The highest BCUT2D eigenvalue weighted by Crippen LogP contribution is 2.42. The van der Waals surface area contributed by atoms with E-state index < -0.39 is 0 Å². The van der Waals surface area contributed by atoms with Crippen LogP contribution in [0.2, 0.25) is 0 Å². The van der Waals surface area contributed by atoms with Gasteiger partial charge in [-0.3, -0.25) is 0 Å². The van der Waals surface area contributed by atoms with Crippen molar-refractivity contribution in [2.45, 2.75) is 71.1 Å². The van der Waals surface area contributed by atoms with Crippen LogP contribution in [-0.4, -0.2) is 41.2 Å². The molecule has 0 aromatic rings. The first-order valence-corrected chi connectivity index (χ1v) is 9.80. The van der Waals surface area contributed by atoms with Crippen LogP contribution in [0.25, 0.3) is 0 Å². The van der Waals surface area contributed by atoms with Gasteiger partial charge in [0.2, 0.25) is 0 Å². The number of unbranched alkanes of at least 4 members (excludes halogenated alkanes) is 5. The molecule has 1 atom stereocenters. The molecule has 24 heavy (non-hydrogen) atoms. The Labute approximate surface area is 151 Å². The lowest BCUT2D eigenvalue weighted by atomic mass is 9.67. The Bertz CT molecular complexity index is 256. The molecule has 0 aliphatic carbocycles. The van der Waals surface area contributed by atoms with Crippen molar-refractivity contribution >= 4 is 0 Å². The Morgan fingerprint density at radius 1 is 0.792 bits per heavy atom. The Morgan fingerprint density at radius 3 is 1.67 bits per heavy atom. The first kappa shape index (κ1) is 23.6. The van der Waals surface area contributed by atoms with Crippen molar-refractivity contribution in [2.75, 3.05) is 41.2 Å². The average molecular weight is 343 g/mol. The molecule has 0 aliphatic heterocycles. The van der Waals surface area contributed by atoms with Gasteiger partial charge in [-0.25, -0.2) is 0 Å². The molecule has 3 nitrogen and oxygen atoms in total. The first-order valence-electron chi connectivity index (χ1n) is 9.80. The van der Waals surface area contributed by atoms with Gasteiger partial charge in [0.05, 0.1) is 0 Å². The fraction of sp³-hybridized carbons (Fsp3) is 0.905. The normalized spacial score (nSPS) is 13.2. The van der Waals surface area contributed by atoms with E-state index in [9.17, 15) is 0 Å². The van der Waals surface area contributed by atoms with Crippen LogP contribution in [0.15, 0.2) is 12.7 Å². The molecule has 0 radical (unpaired) electrons. The van der Waals surface area contributed by atoms with E-state index >= 15 is 0 Å². The van der Waals surface area contributed by atoms with Crippen molar-refractivity contribution in [2.24, 2.45) is 11.3 Å². The highest BCUT2D eigenvalue weighted by atomic mass is 16.5. The summed E-state index contributed by atoms with van der Waals surface area (Å²) < 4.78 is 16.2. The molecule has 0 bridgehead atoms. The van der Waals surface area contributed by atoms with E-state index in [1.54, 1.807) is 21.3 Å². The van der Waals surface area contributed by atoms with Crippen molar-refractivity contribution in [1.82, 2.24) is 0 Å². The maximum absolute atomic E-state index is 5.41. The predicted octanol–water partition coefficient (Wildman–Crippen LogP) is 5.64. The van der Waals surface area contributed by atoms with Crippen LogP contribution in [-0.2, 0) is 14.2 Å². The van der Waals surface area contributed by atoms with E-state index in [0.717, 1.165) is 39.1 Å². The van der Waals surface area contributed by atoms with Gasteiger partial charge in [0.1, 0.15) is 0 Å². The van der Waals surface area contributed by atoms with E-state index in [2.05, 4.69) is 19.6 Å². The van der Waals surface area contributed by atoms with Gasteiger partial charge < -0.3 is 14.2 Å². The highest BCUT2D eigenvalue weighted by Gasteiger charge is 2.35. The minimum absolute atomic E-state index is 0.174. The maximum atomic E-state index is 5.41. The fourth-order valence-electron chi connectivity index (χ4n) is 3.67. The summed E-state index contributed by atoms with van der Waals surface area (Å²) in [5.74, 6) is 0.504. The molecule has 0 aromatic heterocycles. The maximum Gasteiger partial charge on any atom is 0.0467 e. The minimum Gasteiger partial charge on any atom is -0.385 e. The lowest BCUT2D eigenvalue weighted by Gasteiger charge is -2.40. The van der Waals surface area contributed by atoms with E-state index in [4.69, 9.17) is 14.2 Å². The SMILES string of the molecule is C=CC(CCCCCCCC)C(CCOC)(CCOC)CCOC. The summed E-state index contributed by atoms with van der Waals surface area (Å²) in [6.07, 6.45) is 14.5. The van der Waals surface area contributed by atoms with Crippen molar-refractivity contribution in [3.05, 3.63) is 12.7 Å². The molecule has 1 unspecified atom stereocenters. The summed E-state index contributed by atoms with van der Waals surface area (Å²) in [6.45, 7) is 8.78. The molecule has 0 amide bonds. The summed E-state index contributed by atoms with van der Waals surface area (Å²) >= 11 is 0. The van der Waals surface area contributed by atoms with Crippen LogP contribution in [0, 0.1) is 11.3 Å². The lowest BCUT2D eigenvalue weighted by molar-refractivity contribution is 0.0303. The Balaban J connectivity index is 4.76. The van der Waals surface area contributed by atoms with E-state index in [1.165, 1.54) is 44.9 Å². The van der Waals surface area contributed by atoms with Gasteiger partial charge in [0, 0.05) is 41.2 Å². The number of hydrogen-bond donors (Lipinski definition) is 0. The van der Waals surface area contributed by atoms with Crippen LogP contribution in [0.1, 0.15) is 71.1 Å². The van der Waals surface area contributed by atoms with Crippen LogP contribution in [0.4, 0.5) is 0 Å². The average Bonchev–Trinajstić information content (AvgIpc) is 2.61. The molecular formula is C21H42O3. The van der Waals surface area contributed by atoms with Gasteiger partial charge in [-0.1, -0.05) is 51.5 Å². The van der Waals surface area contributed by atoms with Crippen molar-refractivity contribution in [3.8, 4) is 0 Å². The van der Waals surface area contributed by atoms with Gasteiger partial charge in [0.25, 0.3) is 0 Å². The molecule has 0 N–H and O–H groups in total. The molecule has 0 heterocycles.